The van der Waals surface area contributed by atoms with E-state index in [0.29, 0.717) is 5.56 Å². The van der Waals surface area contributed by atoms with Crippen LogP contribution in [0.25, 0.3) is 0 Å². The van der Waals surface area contributed by atoms with Crippen molar-refractivity contribution in [1.82, 2.24) is 5.32 Å². The Morgan fingerprint density at radius 3 is 2.56 bits per heavy atom. The summed E-state index contributed by atoms with van der Waals surface area (Å²) in [5.41, 5.74) is 5.85. The van der Waals surface area contributed by atoms with E-state index in [9.17, 15) is 24.1 Å². The number of nitrogens with one attached hydrogen (secondary N) is 1. The zero-order valence-corrected chi connectivity index (χ0v) is 13.1. The molecule has 2 aromatic rings. The molecule has 0 aliphatic rings. The number of primary amides is 1. The quantitative estimate of drug-likeness (QED) is 0.584. The van der Waals surface area contributed by atoms with Crippen LogP contribution >= 0.6 is 0 Å². The van der Waals surface area contributed by atoms with E-state index < -0.39 is 28.6 Å². The van der Waals surface area contributed by atoms with Crippen molar-refractivity contribution in [1.29, 1.82) is 0 Å². The van der Waals surface area contributed by atoms with Gasteiger partial charge in [-0.25, -0.2) is 4.39 Å². The molecule has 0 aromatic heterocycles. The van der Waals surface area contributed by atoms with Crippen molar-refractivity contribution in [2.75, 3.05) is 0 Å². The molecule has 0 radical (unpaired) electrons. The number of halogens is 1. The molecule has 8 heteroatoms. The van der Waals surface area contributed by atoms with Gasteiger partial charge in [0.1, 0.15) is 11.9 Å². The summed E-state index contributed by atoms with van der Waals surface area (Å²) in [4.78, 5) is 34.1. The lowest BCUT2D eigenvalue weighted by Crippen LogP contribution is -2.46. The third-order valence-corrected chi connectivity index (χ3v) is 3.54. The molecule has 2 rings (SSSR count). The lowest BCUT2D eigenvalue weighted by Gasteiger charge is -2.15. The number of benzene rings is 2. The SMILES string of the molecule is NC(=O)[C@@H](Cc1ccccc1[N+](=O)[O-])NC(=O)Cc1cccc(F)c1. The van der Waals surface area contributed by atoms with Crippen LogP contribution < -0.4 is 11.1 Å². The fraction of sp³-hybridized carbons (Fsp3) is 0.176. The topological polar surface area (TPSA) is 115 Å². The van der Waals surface area contributed by atoms with E-state index in [-0.39, 0.29) is 24.1 Å². The minimum absolute atomic E-state index is 0.110. The number of nitro benzene ring substituents is 1. The monoisotopic (exact) mass is 345 g/mol. The van der Waals surface area contributed by atoms with Gasteiger partial charge < -0.3 is 11.1 Å². The van der Waals surface area contributed by atoms with Crippen LogP contribution in [-0.2, 0) is 22.4 Å². The number of amides is 2. The average molecular weight is 345 g/mol. The minimum Gasteiger partial charge on any atom is -0.368 e. The molecule has 25 heavy (non-hydrogen) atoms. The number of nitrogens with two attached hydrogens (primary N) is 1. The second-order valence-electron chi connectivity index (χ2n) is 5.42. The van der Waals surface area contributed by atoms with Crippen molar-refractivity contribution < 1.29 is 18.9 Å². The molecule has 130 valence electrons. The second-order valence-corrected chi connectivity index (χ2v) is 5.42. The molecule has 0 bridgehead atoms. The minimum atomic E-state index is -1.11. The molecule has 0 spiro atoms. The number of nitro groups is 1. The lowest BCUT2D eigenvalue weighted by atomic mass is 10.0. The van der Waals surface area contributed by atoms with Crippen LogP contribution in [0.4, 0.5) is 10.1 Å². The number of hydrogen-bond donors (Lipinski definition) is 2. The van der Waals surface area contributed by atoms with E-state index in [1.807, 2.05) is 0 Å². The van der Waals surface area contributed by atoms with Crippen molar-refractivity contribution in [3.8, 4) is 0 Å². The number of para-hydroxylation sites is 1. The summed E-state index contributed by atoms with van der Waals surface area (Å²) < 4.78 is 13.1. The predicted octanol–water partition coefficient (Wildman–Crippen LogP) is 1.49. The first kappa shape index (κ1) is 18.1. The van der Waals surface area contributed by atoms with Gasteiger partial charge in [0, 0.05) is 18.1 Å². The first-order valence-electron chi connectivity index (χ1n) is 7.42. The Morgan fingerprint density at radius 2 is 1.92 bits per heavy atom. The van der Waals surface area contributed by atoms with Crippen LogP contribution in [0.2, 0.25) is 0 Å². The van der Waals surface area contributed by atoms with Crippen molar-refractivity contribution in [2.45, 2.75) is 18.9 Å². The molecular formula is C17H16FN3O4. The van der Waals surface area contributed by atoms with E-state index in [1.165, 1.54) is 36.4 Å². The largest absolute Gasteiger partial charge is 0.368 e. The van der Waals surface area contributed by atoms with Crippen LogP contribution in [0.3, 0.4) is 0 Å². The highest BCUT2D eigenvalue weighted by molar-refractivity contribution is 5.87. The van der Waals surface area contributed by atoms with Crippen LogP contribution in [0, 0.1) is 15.9 Å². The number of hydrogen-bond acceptors (Lipinski definition) is 4. The van der Waals surface area contributed by atoms with Gasteiger partial charge in [-0.1, -0.05) is 30.3 Å². The summed E-state index contributed by atoms with van der Waals surface area (Å²) in [5.74, 6) is -1.82. The third kappa shape index (κ3) is 5.10. The number of rotatable bonds is 7. The highest BCUT2D eigenvalue weighted by atomic mass is 19.1. The summed E-state index contributed by atoms with van der Waals surface area (Å²) in [7, 11) is 0. The van der Waals surface area contributed by atoms with Crippen molar-refractivity contribution in [3.63, 3.8) is 0 Å². The zero-order chi connectivity index (χ0) is 18.4. The lowest BCUT2D eigenvalue weighted by molar-refractivity contribution is -0.385. The van der Waals surface area contributed by atoms with Gasteiger partial charge in [0.25, 0.3) is 5.69 Å². The Labute approximate surface area is 142 Å². The van der Waals surface area contributed by atoms with Crippen LogP contribution in [0.15, 0.2) is 48.5 Å². The number of carbonyl (C=O) groups excluding carboxylic acids is 2. The second kappa shape index (κ2) is 8.00. The molecule has 2 aromatic carbocycles. The van der Waals surface area contributed by atoms with Gasteiger partial charge in [-0.15, -0.1) is 0 Å². The first-order valence-corrected chi connectivity index (χ1v) is 7.42. The molecule has 0 fully saturated rings. The predicted molar refractivity (Wildman–Crippen MR) is 88.0 cm³/mol. The molecule has 3 N–H and O–H groups in total. The van der Waals surface area contributed by atoms with Crippen LogP contribution in [0.5, 0.6) is 0 Å². The van der Waals surface area contributed by atoms with Crippen molar-refractivity contribution >= 4 is 17.5 Å². The number of nitrogens with zero attached hydrogens (tertiary/aromatic N) is 1. The Kier molecular flexibility index (Phi) is 5.78. The fourth-order valence-electron chi connectivity index (χ4n) is 2.38. The van der Waals surface area contributed by atoms with Gasteiger partial charge in [-0.2, -0.15) is 0 Å². The molecular weight excluding hydrogens is 329 g/mol. The highest BCUT2D eigenvalue weighted by Gasteiger charge is 2.23. The van der Waals surface area contributed by atoms with Crippen LogP contribution in [0.1, 0.15) is 11.1 Å². The average Bonchev–Trinajstić information content (AvgIpc) is 2.54. The van der Waals surface area contributed by atoms with Gasteiger partial charge >= 0.3 is 0 Å². The maximum absolute atomic E-state index is 13.1. The molecule has 0 aliphatic heterocycles. The Bertz CT molecular complexity index is 810. The molecule has 2 amide bonds. The fourth-order valence-corrected chi connectivity index (χ4v) is 2.38. The molecule has 0 heterocycles. The molecule has 7 nitrogen and oxygen atoms in total. The van der Waals surface area contributed by atoms with E-state index in [0.717, 1.165) is 0 Å². The number of carbonyl (C=O) groups is 2. The zero-order valence-electron chi connectivity index (χ0n) is 13.1. The van der Waals surface area contributed by atoms with Crippen molar-refractivity contribution in [2.24, 2.45) is 5.73 Å². The molecule has 0 saturated carbocycles. The molecule has 0 saturated heterocycles. The smallest absolute Gasteiger partial charge is 0.272 e. The van der Waals surface area contributed by atoms with Gasteiger partial charge in [0.05, 0.1) is 11.3 Å². The molecule has 0 unspecified atom stereocenters. The summed E-state index contributed by atoms with van der Waals surface area (Å²) in [6.07, 6.45) is -0.250. The Hall–Kier alpha value is -3.29. The summed E-state index contributed by atoms with van der Waals surface area (Å²) in [6, 6.07) is 10.3. The standard InChI is InChI=1S/C17H16FN3O4/c18-13-6-3-4-11(8-13)9-16(22)20-14(17(19)23)10-12-5-1-2-7-15(12)21(24)25/h1-8,14H,9-10H2,(H2,19,23)(H,20,22)/t14-/m1/s1. The van der Waals surface area contributed by atoms with Gasteiger partial charge in [-0.05, 0) is 17.7 Å². The summed E-state index contributed by atoms with van der Waals surface area (Å²) in [6.45, 7) is 0. The van der Waals surface area contributed by atoms with Crippen LogP contribution in [-0.4, -0.2) is 22.8 Å². The van der Waals surface area contributed by atoms with Gasteiger partial charge in [-0.3, -0.25) is 19.7 Å². The Balaban J connectivity index is 2.10. The third-order valence-electron chi connectivity index (χ3n) is 3.54. The normalized spacial score (nSPS) is 11.6. The highest BCUT2D eigenvalue weighted by Crippen LogP contribution is 2.19. The maximum Gasteiger partial charge on any atom is 0.272 e. The molecule has 1 atom stereocenters. The van der Waals surface area contributed by atoms with E-state index >= 15 is 0 Å². The van der Waals surface area contributed by atoms with E-state index in [2.05, 4.69) is 5.32 Å². The van der Waals surface area contributed by atoms with Gasteiger partial charge in [0.2, 0.25) is 11.8 Å². The molecule has 0 aliphatic carbocycles. The maximum atomic E-state index is 13.1. The van der Waals surface area contributed by atoms with Gasteiger partial charge in [0.15, 0.2) is 0 Å². The van der Waals surface area contributed by atoms with Crippen molar-refractivity contribution in [3.05, 3.63) is 75.6 Å². The summed E-state index contributed by atoms with van der Waals surface area (Å²) >= 11 is 0. The summed E-state index contributed by atoms with van der Waals surface area (Å²) in [5, 5.41) is 13.5. The van der Waals surface area contributed by atoms with E-state index in [4.69, 9.17) is 5.73 Å². The first-order chi connectivity index (χ1) is 11.9. The Morgan fingerprint density at radius 1 is 1.20 bits per heavy atom. The van der Waals surface area contributed by atoms with E-state index in [1.54, 1.807) is 12.1 Å².